The van der Waals surface area contributed by atoms with Gasteiger partial charge in [-0.15, -0.1) is 0 Å². The Hall–Kier alpha value is -4.70. The molecule has 252 valence electrons. The summed E-state index contributed by atoms with van der Waals surface area (Å²) in [5.41, 5.74) is 3.35. The first kappa shape index (κ1) is 32.5. The Morgan fingerprint density at radius 3 is 2.08 bits per heavy atom. The Bertz CT molecular complexity index is 2130. The van der Waals surface area contributed by atoms with Crippen LogP contribution in [0.3, 0.4) is 0 Å². The van der Waals surface area contributed by atoms with Crippen LogP contribution < -0.4 is 10.3 Å². The molecule has 0 radical (unpaired) electrons. The van der Waals surface area contributed by atoms with E-state index in [-0.39, 0.29) is 29.5 Å². The highest BCUT2D eigenvalue weighted by Crippen LogP contribution is 2.65. The van der Waals surface area contributed by atoms with Crippen molar-refractivity contribution in [3.05, 3.63) is 135 Å². The lowest BCUT2D eigenvalue weighted by Crippen LogP contribution is -2.53. The minimum absolute atomic E-state index is 0.0487. The van der Waals surface area contributed by atoms with Gasteiger partial charge >= 0.3 is 0 Å². The molecule has 0 spiro atoms. The average molecular weight is 731 g/mol. The molecule has 4 amide bonds. The highest BCUT2D eigenvalue weighted by molar-refractivity contribution is 6.31. The van der Waals surface area contributed by atoms with Gasteiger partial charge in [-0.1, -0.05) is 58.6 Å². The maximum absolute atomic E-state index is 15.1. The second-order valence-corrected chi connectivity index (χ2v) is 14.4. The molecule has 8 nitrogen and oxygen atoms in total. The number of nitrogens with one attached hydrogen (secondary N) is 1. The number of benzene rings is 4. The molecule has 0 bridgehead atoms. The van der Waals surface area contributed by atoms with E-state index in [4.69, 9.17) is 34.8 Å². The predicted octanol–water partition coefficient (Wildman–Crippen LogP) is 7.68. The SMILES string of the molecule is O=C1[C@@H]2C[C@@H]3C(=CC[C@@H]4C(=O)N(c5ccc(Cl)cc5)C(=O)[C@@H]43)[C@H](c3cc(Cl)ccc3O)[C@]2(c2ccc(Cl)cc2)C(=O)N1Nc1ccc(F)cc1. The maximum atomic E-state index is 15.1. The van der Waals surface area contributed by atoms with Gasteiger partial charge in [0, 0.05) is 26.5 Å². The van der Waals surface area contributed by atoms with Gasteiger partial charge in [0.25, 0.3) is 11.8 Å². The van der Waals surface area contributed by atoms with Crippen molar-refractivity contribution in [1.82, 2.24) is 5.01 Å². The lowest BCUT2D eigenvalue weighted by atomic mass is 9.49. The number of anilines is 2. The van der Waals surface area contributed by atoms with Gasteiger partial charge in [-0.25, -0.2) is 4.39 Å². The van der Waals surface area contributed by atoms with Crippen molar-refractivity contribution in [2.75, 3.05) is 10.3 Å². The number of aromatic hydroxyl groups is 1. The van der Waals surface area contributed by atoms with Crippen molar-refractivity contribution in [1.29, 1.82) is 0 Å². The number of rotatable bonds is 5. The lowest BCUT2D eigenvalue weighted by Gasteiger charge is -2.50. The van der Waals surface area contributed by atoms with Crippen LogP contribution in [-0.2, 0) is 24.6 Å². The zero-order valence-corrected chi connectivity index (χ0v) is 28.3. The van der Waals surface area contributed by atoms with Crippen molar-refractivity contribution in [3.63, 3.8) is 0 Å². The van der Waals surface area contributed by atoms with E-state index in [2.05, 4.69) is 5.43 Å². The van der Waals surface area contributed by atoms with Gasteiger partial charge in [-0.05, 0) is 103 Å². The minimum Gasteiger partial charge on any atom is -0.508 e. The molecule has 2 heterocycles. The Kier molecular flexibility index (Phi) is 7.78. The van der Waals surface area contributed by atoms with Gasteiger partial charge in [0.05, 0.1) is 34.5 Å². The third-order valence-electron chi connectivity index (χ3n) is 10.6. The first-order valence-corrected chi connectivity index (χ1v) is 17.1. The second-order valence-electron chi connectivity index (χ2n) is 13.1. The number of phenols is 1. The van der Waals surface area contributed by atoms with Gasteiger partial charge in [-0.3, -0.25) is 29.5 Å². The van der Waals surface area contributed by atoms with Crippen molar-refractivity contribution in [3.8, 4) is 5.75 Å². The van der Waals surface area contributed by atoms with E-state index >= 15 is 4.79 Å². The molecule has 8 rings (SSSR count). The predicted molar refractivity (Wildman–Crippen MR) is 186 cm³/mol. The van der Waals surface area contributed by atoms with Crippen molar-refractivity contribution in [2.24, 2.45) is 23.7 Å². The molecule has 2 aliphatic heterocycles. The molecule has 1 saturated carbocycles. The summed E-state index contributed by atoms with van der Waals surface area (Å²) < 4.78 is 13.8. The van der Waals surface area contributed by atoms with Gasteiger partial charge in [-0.2, -0.15) is 5.01 Å². The van der Waals surface area contributed by atoms with Crippen LogP contribution in [0, 0.1) is 29.5 Å². The van der Waals surface area contributed by atoms with Crippen molar-refractivity contribution >= 4 is 69.8 Å². The van der Waals surface area contributed by atoms with E-state index in [0.29, 0.717) is 38.1 Å². The number of carbonyl (C=O) groups excluding carboxylic acids is 4. The molecule has 0 aromatic heterocycles. The molecule has 4 aromatic carbocycles. The number of carbonyl (C=O) groups is 4. The van der Waals surface area contributed by atoms with Crippen LogP contribution in [0.4, 0.5) is 15.8 Å². The number of fused-ring (bicyclic) bond motifs is 4. The van der Waals surface area contributed by atoms with Crippen LogP contribution in [0.25, 0.3) is 0 Å². The number of imide groups is 2. The Balaban J connectivity index is 1.33. The normalized spacial score (nSPS) is 27.2. The standard InChI is InChI=1S/C38H27Cl3FN3O5/c39-20-3-1-19(2-4-20)38-30(35(48)45(37(38)50)43-24-10-8-23(42)9-11-24)18-28-26(33(38)29-17-22(41)7-16-31(29)46)14-15-27-32(28)36(49)44(34(27)47)25-12-5-21(40)6-13-25/h1-14,16-17,27-28,30,32-33,43,46H,15,18H2/t27-,28+,30-,32-,33+,38+/m0/s1. The van der Waals surface area contributed by atoms with E-state index in [0.717, 1.165) is 5.01 Å². The maximum Gasteiger partial charge on any atom is 0.260 e. The van der Waals surface area contributed by atoms with Gasteiger partial charge in [0.15, 0.2) is 0 Å². The number of hydrogen-bond donors (Lipinski definition) is 2. The molecule has 2 saturated heterocycles. The zero-order valence-electron chi connectivity index (χ0n) is 26.0. The third kappa shape index (κ3) is 4.78. The number of hydrazine groups is 1. The summed E-state index contributed by atoms with van der Waals surface area (Å²) in [5, 5.41) is 13.6. The average Bonchev–Trinajstić information content (AvgIpc) is 3.48. The number of amides is 4. The van der Waals surface area contributed by atoms with Crippen LogP contribution in [0.1, 0.15) is 29.9 Å². The first-order valence-electron chi connectivity index (χ1n) is 16.0. The topological polar surface area (TPSA) is 107 Å². The molecule has 6 atom stereocenters. The number of phenolic OH excluding ortho intramolecular Hbond substituents is 1. The summed E-state index contributed by atoms with van der Waals surface area (Å²) in [6.07, 6.45) is 2.13. The third-order valence-corrected chi connectivity index (χ3v) is 11.4. The van der Waals surface area contributed by atoms with E-state index in [1.54, 1.807) is 54.6 Å². The summed E-state index contributed by atoms with van der Waals surface area (Å²) in [7, 11) is 0. The van der Waals surface area contributed by atoms with Gasteiger partial charge in [0.2, 0.25) is 11.8 Å². The minimum atomic E-state index is -1.65. The molecule has 12 heteroatoms. The summed E-state index contributed by atoms with van der Waals surface area (Å²) in [4.78, 5) is 59.3. The molecule has 4 aliphatic rings. The van der Waals surface area contributed by atoms with Crippen molar-refractivity contribution < 1.29 is 28.7 Å². The Morgan fingerprint density at radius 2 is 1.40 bits per heavy atom. The molecule has 50 heavy (non-hydrogen) atoms. The van der Waals surface area contributed by atoms with Gasteiger partial charge in [0.1, 0.15) is 11.6 Å². The molecule has 2 aliphatic carbocycles. The molecule has 2 N–H and O–H groups in total. The molecular formula is C38H27Cl3FN3O5. The lowest BCUT2D eigenvalue weighted by molar-refractivity contribution is -0.138. The number of allylic oxidation sites excluding steroid dienone is 2. The highest BCUT2D eigenvalue weighted by Gasteiger charge is 2.70. The largest absolute Gasteiger partial charge is 0.508 e. The monoisotopic (exact) mass is 729 g/mol. The summed E-state index contributed by atoms with van der Waals surface area (Å²) >= 11 is 19.0. The van der Waals surface area contributed by atoms with E-state index in [9.17, 15) is 23.9 Å². The Labute approximate surface area is 301 Å². The van der Waals surface area contributed by atoms with Crippen LogP contribution in [-0.4, -0.2) is 33.7 Å². The van der Waals surface area contributed by atoms with E-state index in [1.165, 1.54) is 41.3 Å². The number of hydrogen-bond acceptors (Lipinski definition) is 6. The Morgan fingerprint density at radius 1 is 0.760 bits per heavy atom. The summed E-state index contributed by atoms with van der Waals surface area (Å²) in [5.74, 6) is -6.86. The first-order chi connectivity index (χ1) is 24.0. The quantitative estimate of drug-likeness (QED) is 0.161. The summed E-state index contributed by atoms with van der Waals surface area (Å²) in [6, 6.07) is 22.8. The fourth-order valence-electron chi connectivity index (χ4n) is 8.60. The van der Waals surface area contributed by atoms with Gasteiger partial charge < -0.3 is 5.11 Å². The second kappa shape index (κ2) is 12.0. The van der Waals surface area contributed by atoms with Crippen molar-refractivity contribution in [2.45, 2.75) is 24.2 Å². The van der Waals surface area contributed by atoms with Crippen LogP contribution >= 0.6 is 34.8 Å². The van der Waals surface area contributed by atoms with Crippen LogP contribution in [0.2, 0.25) is 15.1 Å². The fourth-order valence-corrected chi connectivity index (χ4v) is 9.03. The summed E-state index contributed by atoms with van der Waals surface area (Å²) in [6.45, 7) is 0. The molecule has 4 aromatic rings. The zero-order chi connectivity index (χ0) is 35.1. The fraction of sp³-hybridized carbons (Fsp3) is 0.211. The van der Waals surface area contributed by atoms with Crippen LogP contribution in [0.15, 0.2) is 103 Å². The molecule has 0 unspecified atom stereocenters. The number of halogens is 4. The molecule has 3 fully saturated rings. The van der Waals surface area contributed by atoms with Crippen LogP contribution in [0.5, 0.6) is 5.75 Å². The molecular weight excluding hydrogens is 704 g/mol. The van der Waals surface area contributed by atoms with E-state index in [1.807, 2.05) is 6.08 Å². The number of nitrogens with zero attached hydrogens (tertiary/aromatic N) is 2. The highest BCUT2D eigenvalue weighted by atomic mass is 35.5. The van der Waals surface area contributed by atoms with E-state index < -0.39 is 58.5 Å². The smallest absolute Gasteiger partial charge is 0.260 e.